The molecule has 0 atom stereocenters. The Bertz CT molecular complexity index is 370. The number of H-pyrrole nitrogens is 1. The minimum absolute atomic E-state index is 0.183. The molecule has 6 heteroatoms. The van der Waals surface area contributed by atoms with Gasteiger partial charge in [-0.25, -0.2) is 13.1 Å². The van der Waals surface area contributed by atoms with E-state index < -0.39 is 10.0 Å². The summed E-state index contributed by atoms with van der Waals surface area (Å²) in [6.07, 6.45) is 3.96. The van der Waals surface area contributed by atoms with E-state index in [4.69, 9.17) is 0 Å². The number of nitrogens with zero attached hydrogens (tertiary/aromatic N) is 1. The average molecular weight is 231 g/mol. The van der Waals surface area contributed by atoms with E-state index in [1.165, 1.54) is 0 Å². The molecule has 0 saturated carbocycles. The standard InChI is InChI=1S/C9H17N3O2S/c1-8(2)3-4-15(13,14)12-7-9-5-10-11-6-9/h5-6,8,12H,3-4,7H2,1-2H3,(H,10,11). The van der Waals surface area contributed by atoms with Crippen molar-refractivity contribution < 1.29 is 8.42 Å². The maximum Gasteiger partial charge on any atom is 0.211 e. The van der Waals surface area contributed by atoms with Crippen LogP contribution in [-0.4, -0.2) is 24.4 Å². The van der Waals surface area contributed by atoms with Crippen molar-refractivity contribution in [2.24, 2.45) is 5.92 Å². The molecule has 2 N–H and O–H groups in total. The predicted octanol–water partition coefficient (Wildman–Crippen LogP) is 0.875. The van der Waals surface area contributed by atoms with Crippen LogP contribution in [0, 0.1) is 5.92 Å². The Kier molecular flexibility index (Phi) is 4.28. The molecule has 0 aliphatic rings. The molecular weight excluding hydrogens is 214 g/mol. The quantitative estimate of drug-likeness (QED) is 0.763. The van der Waals surface area contributed by atoms with E-state index in [0.717, 1.165) is 5.56 Å². The molecule has 0 amide bonds. The summed E-state index contributed by atoms with van der Waals surface area (Å²) < 4.78 is 25.5. The van der Waals surface area contributed by atoms with E-state index in [-0.39, 0.29) is 5.75 Å². The van der Waals surface area contributed by atoms with Crippen LogP contribution in [-0.2, 0) is 16.6 Å². The molecule has 1 aromatic heterocycles. The summed E-state index contributed by atoms with van der Waals surface area (Å²) >= 11 is 0. The molecule has 0 aliphatic carbocycles. The van der Waals surface area contributed by atoms with Gasteiger partial charge in [0.2, 0.25) is 10.0 Å². The normalized spacial score (nSPS) is 12.2. The second kappa shape index (κ2) is 5.27. The molecule has 0 bridgehead atoms. The number of rotatable bonds is 6. The molecule has 0 spiro atoms. The zero-order valence-electron chi connectivity index (χ0n) is 9.03. The molecule has 0 aliphatic heterocycles. The third-order valence-corrected chi connectivity index (χ3v) is 3.37. The van der Waals surface area contributed by atoms with E-state index in [1.807, 2.05) is 13.8 Å². The van der Waals surface area contributed by atoms with Gasteiger partial charge in [-0.05, 0) is 12.3 Å². The number of hydrogen-bond acceptors (Lipinski definition) is 3. The Morgan fingerprint density at radius 3 is 2.80 bits per heavy atom. The van der Waals surface area contributed by atoms with Gasteiger partial charge in [0.25, 0.3) is 0 Å². The van der Waals surface area contributed by atoms with Gasteiger partial charge in [-0.1, -0.05) is 13.8 Å². The first kappa shape index (κ1) is 12.2. The average Bonchev–Trinajstić information content (AvgIpc) is 2.65. The van der Waals surface area contributed by atoms with Crippen molar-refractivity contribution in [1.82, 2.24) is 14.9 Å². The van der Waals surface area contributed by atoms with Gasteiger partial charge in [0, 0.05) is 18.3 Å². The monoisotopic (exact) mass is 231 g/mol. The first-order chi connectivity index (χ1) is 6.99. The molecule has 1 aromatic rings. The second-order valence-electron chi connectivity index (χ2n) is 3.93. The van der Waals surface area contributed by atoms with Gasteiger partial charge in [-0.2, -0.15) is 5.10 Å². The van der Waals surface area contributed by atoms with Crippen molar-refractivity contribution in [3.05, 3.63) is 18.0 Å². The molecule has 1 heterocycles. The maximum atomic E-state index is 11.5. The van der Waals surface area contributed by atoms with E-state index in [2.05, 4.69) is 14.9 Å². The van der Waals surface area contributed by atoms with Crippen LogP contribution in [0.25, 0.3) is 0 Å². The molecule has 86 valence electrons. The molecule has 5 nitrogen and oxygen atoms in total. The highest BCUT2D eigenvalue weighted by atomic mass is 32.2. The van der Waals surface area contributed by atoms with Crippen molar-refractivity contribution in [2.75, 3.05) is 5.75 Å². The van der Waals surface area contributed by atoms with Gasteiger partial charge in [-0.15, -0.1) is 0 Å². The lowest BCUT2D eigenvalue weighted by Crippen LogP contribution is -2.26. The van der Waals surface area contributed by atoms with Crippen LogP contribution in [0.5, 0.6) is 0 Å². The summed E-state index contributed by atoms with van der Waals surface area (Å²) in [5, 5.41) is 6.37. The number of sulfonamides is 1. The lowest BCUT2D eigenvalue weighted by molar-refractivity contribution is 0.561. The highest BCUT2D eigenvalue weighted by molar-refractivity contribution is 7.89. The highest BCUT2D eigenvalue weighted by Gasteiger charge is 2.10. The number of nitrogens with one attached hydrogen (secondary N) is 2. The number of aromatic nitrogens is 2. The fourth-order valence-corrected chi connectivity index (χ4v) is 2.34. The highest BCUT2D eigenvalue weighted by Crippen LogP contribution is 2.02. The topological polar surface area (TPSA) is 74.8 Å². The van der Waals surface area contributed by atoms with E-state index in [9.17, 15) is 8.42 Å². The largest absolute Gasteiger partial charge is 0.285 e. The summed E-state index contributed by atoms with van der Waals surface area (Å²) in [5.41, 5.74) is 0.836. The minimum atomic E-state index is -3.14. The fraction of sp³-hybridized carbons (Fsp3) is 0.667. The van der Waals surface area contributed by atoms with Crippen LogP contribution in [0.2, 0.25) is 0 Å². The van der Waals surface area contributed by atoms with Crippen LogP contribution >= 0.6 is 0 Å². The first-order valence-corrected chi connectivity index (χ1v) is 6.60. The van der Waals surface area contributed by atoms with E-state index in [0.29, 0.717) is 18.9 Å². The third kappa shape index (κ3) is 4.94. The van der Waals surface area contributed by atoms with Crippen LogP contribution < -0.4 is 4.72 Å². The molecular formula is C9H17N3O2S. The third-order valence-electron chi connectivity index (χ3n) is 2.01. The van der Waals surface area contributed by atoms with Gasteiger partial charge in [0.15, 0.2) is 0 Å². The van der Waals surface area contributed by atoms with Crippen LogP contribution in [0.4, 0.5) is 0 Å². The van der Waals surface area contributed by atoms with Crippen molar-refractivity contribution in [1.29, 1.82) is 0 Å². The van der Waals surface area contributed by atoms with Gasteiger partial charge in [0.05, 0.1) is 11.9 Å². The van der Waals surface area contributed by atoms with E-state index >= 15 is 0 Å². The SMILES string of the molecule is CC(C)CCS(=O)(=O)NCc1cn[nH]c1. The fourth-order valence-electron chi connectivity index (χ4n) is 1.03. The molecule has 15 heavy (non-hydrogen) atoms. The Hall–Kier alpha value is -0.880. The van der Waals surface area contributed by atoms with E-state index in [1.54, 1.807) is 12.4 Å². The van der Waals surface area contributed by atoms with Crippen molar-refractivity contribution >= 4 is 10.0 Å². The van der Waals surface area contributed by atoms with Gasteiger partial charge < -0.3 is 0 Å². The minimum Gasteiger partial charge on any atom is -0.285 e. The summed E-state index contributed by atoms with van der Waals surface area (Å²) in [6, 6.07) is 0. The lowest BCUT2D eigenvalue weighted by Gasteiger charge is -2.06. The van der Waals surface area contributed by atoms with Crippen LogP contribution in [0.15, 0.2) is 12.4 Å². The van der Waals surface area contributed by atoms with Crippen molar-refractivity contribution in [2.45, 2.75) is 26.8 Å². The number of aromatic amines is 1. The van der Waals surface area contributed by atoms with Gasteiger partial charge >= 0.3 is 0 Å². The molecule has 0 aromatic carbocycles. The van der Waals surface area contributed by atoms with Crippen LogP contribution in [0.3, 0.4) is 0 Å². The molecule has 0 fully saturated rings. The summed E-state index contributed by atoms with van der Waals surface area (Å²) in [7, 11) is -3.14. The smallest absolute Gasteiger partial charge is 0.211 e. The van der Waals surface area contributed by atoms with Crippen molar-refractivity contribution in [3.8, 4) is 0 Å². The molecule has 1 rings (SSSR count). The Labute approximate surface area is 90.3 Å². The first-order valence-electron chi connectivity index (χ1n) is 4.94. The zero-order valence-corrected chi connectivity index (χ0v) is 9.84. The van der Waals surface area contributed by atoms with Gasteiger partial charge in [-0.3, -0.25) is 5.10 Å². The lowest BCUT2D eigenvalue weighted by atomic mass is 10.2. The Morgan fingerprint density at radius 2 is 2.27 bits per heavy atom. The maximum absolute atomic E-state index is 11.5. The Morgan fingerprint density at radius 1 is 1.53 bits per heavy atom. The molecule has 0 saturated heterocycles. The number of hydrogen-bond donors (Lipinski definition) is 2. The predicted molar refractivity (Wildman–Crippen MR) is 58.7 cm³/mol. The zero-order chi connectivity index (χ0) is 11.3. The summed E-state index contributed by atoms with van der Waals surface area (Å²) in [6.45, 7) is 4.31. The summed E-state index contributed by atoms with van der Waals surface area (Å²) in [4.78, 5) is 0. The second-order valence-corrected chi connectivity index (χ2v) is 5.86. The molecule has 0 radical (unpaired) electrons. The molecule has 0 unspecified atom stereocenters. The Balaban J connectivity index is 2.37. The summed E-state index contributed by atoms with van der Waals surface area (Å²) in [5.74, 6) is 0.582. The van der Waals surface area contributed by atoms with Crippen molar-refractivity contribution in [3.63, 3.8) is 0 Å². The van der Waals surface area contributed by atoms with Crippen LogP contribution in [0.1, 0.15) is 25.8 Å². The van der Waals surface area contributed by atoms with Gasteiger partial charge in [0.1, 0.15) is 0 Å².